The van der Waals surface area contributed by atoms with Gasteiger partial charge in [0.15, 0.2) is 0 Å². The van der Waals surface area contributed by atoms with Crippen LogP contribution in [0.4, 0.5) is 5.69 Å². The predicted molar refractivity (Wildman–Crippen MR) is 101 cm³/mol. The number of benzene rings is 1. The lowest BCUT2D eigenvalue weighted by atomic mass is 10.0. The molecule has 6 nitrogen and oxygen atoms in total. The maximum absolute atomic E-state index is 12.1. The molecule has 1 aliphatic rings. The third-order valence-corrected chi connectivity index (χ3v) is 3.91. The second-order valence-electron chi connectivity index (χ2n) is 5.54. The van der Waals surface area contributed by atoms with Gasteiger partial charge in [-0.05, 0) is 25.0 Å². The van der Waals surface area contributed by atoms with E-state index in [0.29, 0.717) is 6.04 Å². The number of methoxy groups -OCH3 is 2. The largest absolute Gasteiger partial charge is 0.497 e. The monoisotopic (exact) mass is 379 g/mol. The third-order valence-electron chi connectivity index (χ3n) is 3.91. The fourth-order valence-corrected chi connectivity index (χ4v) is 2.68. The number of hydrogen-bond donors (Lipinski definition) is 2. The highest BCUT2D eigenvalue weighted by molar-refractivity contribution is 5.85. The van der Waals surface area contributed by atoms with Gasteiger partial charge in [-0.25, -0.2) is 0 Å². The number of carbonyl (C=O) groups is 1. The van der Waals surface area contributed by atoms with Crippen molar-refractivity contribution in [3.63, 3.8) is 0 Å². The zero-order valence-electron chi connectivity index (χ0n) is 14.1. The molecule has 1 heterocycles. The summed E-state index contributed by atoms with van der Waals surface area (Å²) in [5, 5.41) is 3.50. The number of piperidine rings is 1. The van der Waals surface area contributed by atoms with Crippen LogP contribution >= 0.6 is 24.8 Å². The van der Waals surface area contributed by atoms with Crippen LogP contribution in [-0.2, 0) is 9.53 Å². The first-order chi connectivity index (χ1) is 10.6. The van der Waals surface area contributed by atoms with Gasteiger partial charge in [0.1, 0.15) is 11.8 Å². The Morgan fingerprint density at radius 3 is 2.58 bits per heavy atom. The van der Waals surface area contributed by atoms with E-state index >= 15 is 0 Å². The molecule has 1 unspecified atom stereocenters. The van der Waals surface area contributed by atoms with Crippen LogP contribution < -0.4 is 15.8 Å². The number of rotatable bonds is 6. The summed E-state index contributed by atoms with van der Waals surface area (Å²) < 4.78 is 10.2. The van der Waals surface area contributed by atoms with Gasteiger partial charge >= 0.3 is 0 Å². The summed E-state index contributed by atoms with van der Waals surface area (Å²) in [6.07, 6.45) is 1.81. The van der Waals surface area contributed by atoms with Gasteiger partial charge < -0.3 is 25.4 Å². The fraction of sp³-hybridized carbons (Fsp3) is 0.562. The van der Waals surface area contributed by atoms with E-state index in [1.54, 1.807) is 14.2 Å². The number of nitrogens with one attached hydrogen (secondary N) is 1. The minimum atomic E-state index is -0.562. The number of anilines is 1. The van der Waals surface area contributed by atoms with E-state index < -0.39 is 6.04 Å². The highest BCUT2D eigenvalue weighted by atomic mass is 35.5. The number of nitrogens with two attached hydrogens (primary N) is 1. The Morgan fingerprint density at radius 1 is 1.33 bits per heavy atom. The summed E-state index contributed by atoms with van der Waals surface area (Å²) in [5.41, 5.74) is 6.84. The summed E-state index contributed by atoms with van der Waals surface area (Å²) >= 11 is 0. The standard InChI is InChI=1S/C16H25N3O3.2ClH/c1-21-11-15(17)16(20)19-8-6-12(7-9-19)18-13-4-3-5-14(10-13)22-2;;/h3-5,10,12,15,18H,6-9,11,17H2,1-2H3;2*1H. The minimum absolute atomic E-state index is 0. The van der Waals surface area contributed by atoms with Crippen LogP contribution in [-0.4, -0.2) is 56.8 Å². The zero-order chi connectivity index (χ0) is 15.9. The van der Waals surface area contributed by atoms with E-state index in [-0.39, 0.29) is 37.3 Å². The van der Waals surface area contributed by atoms with E-state index in [9.17, 15) is 4.79 Å². The number of likely N-dealkylation sites (tertiary alicyclic amines) is 1. The summed E-state index contributed by atoms with van der Waals surface area (Å²) in [4.78, 5) is 13.9. The van der Waals surface area contributed by atoms with Crippen LogP contribution in [0.1, 0.15) is 12.8 Å². The molecule has 1 atom stereocenters. The molecule has 1 aromatic rings. The Bertz CT molecular complexity index is 497. The van der Waals surface area contributed by atoms with Crippen molar-refractivity contribution < 1.29 is 14.3 Å². The molecule has 0 saturated carbocycles. The van der Waals surface area contributed by atoms with E-state index in [1.807, 2.05) is 29.2 Å². The van der Waals surface area contributed by atoms with E-state index in [0.717, 1.165) is 37.4 Å². The molecular weight excluding hydrogens is 353 g/mol. The molecule has 0 aromatic heterocycles. The third kappa shape index (κ3) is 6.36. The molecule has 24 heavy (non-hydrogen) atoms. The van der Waals surface area contributed by atoms with Gasteiger partial charge in [0.05, 0.1) is 13.7 Å². The lowest BCUT2D eigenvalue weighted by molar-refractivity contribution is -0.134. The molecule has 0 spiro atoms. The zero-order valence-corrected chi connectivity index (χ0v) is 15.7. The van der Waals surface area contributed by atoms with Crippen LogP contribution in [0.25, 0.3) is 0 Å². The summed E-state index contributed by atoms with van der Waals surface area (Å²) in [6.45, 7) is 1.70. The smallest absolute Gasteiger partial charge is 0.241 e. The van der Waals surface area contributed by atoms with Crippen molar-refractivity contribution in [2.24, 2.45) is 5.73 Å². The van der Waals surface area contributed by atoms with E-state index in [2.05, 4.69) is 5.32 Å². The second-order valence-corrected chi connectivity index (χ2v) is 5.54. The van der Waals surface area contributed by atoms with E-state index in [1.165, 1.54) is 0 Å². The number of ether oxygens (including phenoxy) is 2. The summed E-state index contributed by atoms with van der Waals surface area (Å²) in [5.74, 6) is 0.810. The topological polar surface area (TPSA) is 76.8 Å². The van der Waals surface area contributed by atoms with Crippen LogP contribution in [0.15, 0.2) is 24.3 Å². The Kier molecular flexibility index (Phi) is 10.8. The predicted octanol–water partition coefficient (Wildman–Crippen LogP) is 1.92. The van der Waals surface area contributed by atoms with Crippen molar-refractivity contribution in [2.75, 3.05) is 39.2 Å². The van der Waals surface area contributed by atoms with Gasteiger partial charge in [0.2, 0.25) is 5.91 Å². The molecule has 1 aliphatic heterocycles. The van der Waals surface area contributed by atoms with Gasteiger partial charge in [-0.3, -0.25) is 4.79 Å². The molecule has 1 fully saturated rings. The number of amides is 1. The van der Waals surface area contributed by atoms with Gasteiger partial charge in [-0.1, -0.05) is 6.07 Å². The lowest BCUT2D eigenvalue weighted by Crippen LogP contribution is -2.50. The average molecular weight is 380 g/mol. The Labute approximate surface area is 155 Å². The maximum atomic E-state index is 12.1. The SMILES string of the molecule is COCC(N)C(=O)N1CCC(Nc2cccc(OC)c2)CC1.Cl.Cl. The first-order valence-corrected chi connectivity index (χ1v) is 7.58. The number of nitrogens with zero attached hydrogens (tertiary/aromatic N) is 1. The normalized spacial score (nSPS) is 15.7. The second kappa shape index (κ2) is 11.4. The van der Waals surface area contributed by atoms with E-state index in [4.69, 9.17) is 15.2 Å². The Morgan fingerprint density at radius 2 is 2.00 bits per heavy atom. The quantitative estimate of drug-likeness (QED) is 0.789. The molecule has 1 saturated heterocycles. The maximum Gasteiger partial charge on any atom is 0.241 e. The molecular formula is C16H27Cl2N3O3. The van der Waals surface area contributed by atoms with Crippen LogP contribution in [0, 0.1) is 0 Å². The van der Waals surface area contributed by atoms with Crippen molar-refractivity contribution >= 4 is 36.4 Å². The Balaban J connectivity index is 0.00000264. The average Bonchev–Trinajstić information content (AvgIpc) is 2.55. The lowest BCUT2D eigenvalue weighted by Gasteiger charge is -2.34. The first kappa shape index (κ1) is 22.8. The Hall–Kier alpha value is -1.21. The van der Waals surface area contributed by atoms with Gasteiger partial charge in [-0.2, -0.15) is 0 Å². The van der Waals surface area contributed by atoms with Gasteiger partial charge in [-0.15, -0.1) is 24.8 Å². The van der Waals surface area contributed by atoms with Gasteiger partial charge in [0, 0.05) is 38.0 Å². The summed E-state index contributed by atoms with van der Waals surface area (Å²) in [7, 11) is 3.21. The van der Waals surface area contributed by atoms with Crippen molar-refractivity contribution in [1.82, 2.24) is 4.90 Å². The van der Waals surface area contributed by atoms with Crippen molar-refractivity contribution in [1.29, 1.82) is 0 Å². The van der Waals surface area contributed by atoms with Crippen LogP contribution in [0.2, 0.25) is 0 Å². The summed E-state index contributed by atoms with van der Waals surface area (Å²) in [6, 6.07) is 7.68. The molecule has 0 bridgehead atoms. The molecule has 1 amide bonds. The number of halogens is 2. The molecule has 1 aromatic carbocycles. The molecule has 8 heteroatoms. The van der Waals surface area contributed by atoms with Crippen LogP contribution in [0.5, 0.6) is 5.75 Å². The highest BCUT2D eigenvalue weighted by Crippen LogP contribution is 2.21. The highest BCUT2D eigenvalue weighted by Gasteiger charge is 2.26. The molecule has 0 aliphatic carbocycles. The minimum Gasteiger partial charge on any atom is -0.497 e. The molecule has 2 rings (SSSR count). The van der Waals surface area contributed by atoms with Crippen molar-refractivity contribution in [3.05, 3.63) is 24.3 Å². The fourth-order valence-electron chi connectivity index (χ4n) is 2.68. The molecule has 138 valence electrons. The molecule has 0 radical (unpaired) electrons. The van der Waals surface area contributed by atoms with Crippen LogP contribution in [0.3, 0.4) is 0 Å². The first-order valence-electron chi connectivity index (χ1n) is 7.58. The van der Waals surface area contributed by atoms with Crippen molar-refractivity contribution in [3.8, 4) is 5.75 Å². The van der Waals surface area contributed by atoms with Crippen molar-refractivity contribution in [2.45, 2.75) is 24.9 Å². The number of carbonyl (C=O) groups excluding carboxylic acids is 1. The number of hydrogen-bond acceptors (Lipinski definition) is 5. The van der Waals surface area contributed by atoms with Gasteiger partial charge in [0.25, 0.3) is 0 Å². The molecule has 3 N–H and O–H groups in total.